The Morgan fingerprint density at radius 3 is 2.42 bits per heavy atom. The number of unbranched alkanes of at least 4 members (excludes halogenated alkanes) is 1. The molecule has 0 aliphatic heterocycles. The maximum atomic E-state index is 13.6. The van der Waals surface area contributed by atoms with Gasteiger partial charge in [-0.25, -0.2) is 4.79 Å². The minimum Gasteiger partial charge on any atom is -0.383 e. The second-order valence-electron chi connectivity index (χ2n) is 9.58. The van der Waals surface area contributed by atoms with E-state index in [1.165, 1.54) is 4.57 Å². The summed E-state index contributed by atoms with van der Waals surface area (Å²) in [7, 11) is 0. The Labute approximate surface area is 184 Å². The van der Waals surface area contributed by atoms with Crippen LogP contribution in [0.25, 0.3) is 0 Å². The molecule has 174 valence electrons. The molecule has 0 bridgehead atoms. The number of hydrogen-bond acceptors (Lipinski definition) is 5. The fraction of sp³-hybridized carbons (Fsp3) is 0.783. The van der Waals surface area contributed by atoms with Gasteiger partial charge in [-0.1, -0.05) is 40.0 Å². The van der Waals surface area contributed by atoms with Gasteiger partial charge in [-0.2, -0.15) is 0 Å². The van der Waals surface area contributed by atoms with Gasteiger partial charge in [-0.15, -0.1) is 0 Å². The Kier molecular flexibility index (Phi) is 7.97. The first kappa shape index (κ1) is 23.6. The number of rotatable bonds is 11. The van der Waals surface area contributed by atoms with Crippen LogP contribution in [0.1, 0.15) is 78.6 Å². The van der Waals surface area contributed by atoms with E-state index in [9.17, 15) is 14.4 Å². The van der Waals surface area contributed by atoms with Crippen LogP contribution in [0, 0.1) is 5.92 Å². The summed E-state index contributed by atoms with van der Waals surface area (Å²) in [5, 5.41) is 0. The van der Waals surface area contributed by atoms with E-state index in [0.29, 0.717) is 25.0 Å². The minimum atomic E-state index is -0.560. The molecule has 2 aliphatic carbocycles. The molecule has 0 spiro atoms. The summed E-state index contributed by atoms with van der Waals surface area (Å²) < 4.78 is 1.41. The Hall–Kier alpha value is -2.09. The van der Waals surface area contributed by atoms with Crippen LogP contribution in [-0.2, 0) is 11.3 Å². The van der Waals surface area contributed by atoms with E-state index >= 15 is 0 Å². The van der Waals surface area contributed by atoms with Crippen LogP contribution in [0.4, 0.5) is 11.5 Å². The normalized spacial score (nSPS) is 17.1. The summed E-state index contributed by atoms with van der Waals surface area (Å²) in [5.41, 5.74) is 5.46. The number of hydrogen-bond donors (Lipinski definition) is 2. The molecule has 0 unspecified atom stereocenters. The van der Waals surface area contributed by atoms with Crippen molar-refractivity contribution in [3.8, 4) is 0 Å². The lowest BCUT2D eigenvalue weighted by Gasteiger charge is -2.32. The molecular formula is C23H39N5O3. The summed E-state index contributed by atoms with van der Waals surface area (Å²) in [5.74, 6) is 0.603. The Morgan fingerprint density at radius 2 is 1.84 bits per heavy atom. The van der Waals surface area contributed by atoms with Gasteiger partial charge in [0.1, 0.15) is 5.82 Å². The summed E-state index contributed by atoms with van der Waals surface area (Å²) in [6, 6.07) is 0.418. The van der Waals surface area contributed by atoms with Crippen molar-refractivity contribution in [1.29, 1.82) is 0 Å². The monoisotopic (exact) mass is 433 g/mol. The molecule has 8 nitrogen and oxygen atoms in total. The summed E-state index contributed by atoms with van der Waals surface area (Å²) in [6.07, 6.45) is 8.73. The van der Waals surface area contributed by atoms with Crippen LogP contribution in [0.15, 0.2) is 9.59 Å². The number of nitrogens with two attached hydrogens (primary N) is 1. The summed E-state index contributed by atoms with van der Waals surface area (Å²) in [6.45, 7) is 8.02. The lowest BCUT2D eigenvalue weighted by molar-refractivity contribution is -0.120. The quantitative estimate of drug-likeness (QED) is 0.558. The second-order valence-corrected chi connectivity index (χ2v) is 9.58. The first-order valence-electron chi connectivity index (χ1n) is 12.0. The average Bonchev–Trinajstić information content (AvgIpc) is 3.42. The molecule has 3 N–H and O–H groups in total. The molecule has 1 heterocycles. The van der Waals surface area contributed by atoms with Gasteiger partial charge in [0.2, 0.25) is 5.91 Å². The van der Waals surface area contributed by atoms with Gasteiger partial charge >= 0.3 is 5.69 Å². The van der Waals surface area contributed by atoms with Gasteiger partial charge in [0.05, 0.1) is 6.54 Å². The molecule has 2 saturated carbocycles. The highest BCUT2D eigenvalue weighted by atomic mass is 16.2. The van der Waals surface area contributed by atoms with E-state index in [0.717, 1.165) is 64.3 Å². The van der Waals surface area contributed by atoms with E-state index in [2.05, 4.69) is 23.7 Å². The summed E-state index contributed by atoms with van der Waals surface area (Å²) in [4.78, 5) is 45.2. The number of amides is 1. The predicted molar refractivity (Wildman–Crippen MR) is 124 cm³/mol. The van der Waals surface area contributed by atoms with E-state index < -0.39 is 11.2 Å². The van der Waals surface area contributed by atoms with Gasteiger partial charge in [0.15, 0.2) is 5.69 Å². The average molecular weight is 434 g/mol. The fourth-order valence-corrected chi connectivity index (χ4v) is 4.53. The third kappa shape index (κ3) is 5.79. The molecule has 8 heteroatoms. The van der Waals surface area contributed by atoms with E-state index in [-0.39, 0.29) is 23.5 Å². The van der Waals surface area contributed by atoms with Crippen LogP contribution >= 0.6 is 0 Å². The van der Waals surface area contributed by atoms with Crippen LogP contribution in [0.3, 0.4) is 0 Å². The molecule has 31 heavy (non-hydrogen) atoms. The molecule has 2 fully saturated rings. The highest BCUT2D eigenvalue weighted by Crippen LogP contribution is 2.31. The third-order valence-electron chi connectivity index (χ3n) is 6.54. The van der Waals surface area contributed by atoms with Crippen LogP contribution in [0.2, 0.25) is 0 Å². The SMILES string of the molecule is CCCCn1c(N)c(N(C(=O)CN(CCC(C)C)C2CC2)C2CCCC2)c(=O)[nH]c1=O. The number of aromatic amines is 1. The number of carbonyl (C=O) groups excluding carboxylic acids is 1. The zero-order valence-electron chi connectivity index (χ0n) is 19.4. The van der Waals surface area contributed by atoms with Gasteiger partial charge in [-0.05, 0) is 51.0 Å². The van der Waals surface area contributed by atoms with Crippen molar-refractivity contribution in [2.75, 3.05) is 23.7 Å². The Morgan fingerprint density at radius 1 is 1.16 bits per heavy atom. The molecule has 3 rings (SSSR count). The standard InChI is InChI=1S/C23H39N5O3/c1-4-5-13-27-21(24)20(22(30)25-23(27)31)28(18-8-6-7-9-18)19(29)15-26(17-10-11-17)14-12-16(2)3/h16-18H,4-15,24H2,1-3H3,(H,25,30,31). The van der Waals surface area contributed by atoms with Crippen LogP contribution in [-0.4, -0.2) is 45.5 Å². The first-order chi connectivity index (χ1) is 14.8. The number of anilines is 2. The lowest BCUT2D eigenvalue weighted by Crippen LogP contribution is -2.49. The Bertz CT molecular complexity index is 865. The van der Waals surface area contributed by atoms with E-state index in [1.54, 1.807) is 4.90 Å². The highest BCUT2D eigenvalue weighted by Gasteiger charge is 2.36. The maximum Gasteiger partial charge on any atom is 0.330 e. The van der Waals surface area contributed by atoms with Gasteiger partial charge in [0, 0.05) is 18.6 Å². The molecule has 0 radical (unpaired) electrons. The molecule has 0 atom stereocenters. The second kappa shape index (κ2) is 10.5. The molecule has 1 aromatic rings. The highest BCUT2D eigenvalue weighted by molar-refractivity contribution is 5.97. The van der Waals surface area contributed by atoms with Crippen LogP contribution < -0.4 is 21.9 Å². The van der Waals surface area contributed by atoms with E-state index in [4.69, 9.17) is 5.73 Å². The molecule has 0 saturated heterocycles. The number of nitrogens with one attached hydrogen (secondary N) is 1. The van der Waals surface area contributed by atoms with Crippen molar-refractivity contribution >= 4 is 17.4 Å². The first-order valence-corrected chi connectivity index (χ1v) is 12.0. The zero-order chi connectivity index (χ0) is 22.5. The summed E-state index contributed by atoms with van der Waals surface area (Å²) >= 11 is 0. The molecule has 0 aromatic carbocycles. The lowest BCUT2D eigenvalue weighted by atomic mass is 10.1. The number of nitrogens with zero attached hydrogens (tertiary/aromatic N) is 3. The molecular weight excluding hydrogens is 394 g/mol. The van der Waals surface area contributed by atoms with E-state index in [1.807, 2.05) is 6.92 Å². The van der Waals surface area contributed by atoms with Gasteiger partial charge in [0.25, 0.3) is 5.56 Å². The minimum absolute atomic E-state index is 0.0424. The molecule has 1 amide bonds. The largest absolute Gasteiger partial charge is 0.383 e. The molecule has 2 aliphatic rings. The predicted octanol–water partition coefficient (Wildman–Crippen LogP) is 2.71. The van der Waals surface area contributed by atoms with Crippen molar-refractivity contribution in [3.63, 3.8) is 0 Å². The number of aromatic nitrogens is 2. The van der Waals surface area contributed by atoms with Crippen molar-refractivity contribution in [2.24, 2.45) is 5.92 Å². The number of nitrogen functional groups attached to an aromatic ring is 1. The smallest absolute Gasteiger partial charge is 0.330 e. The topological polar surface area (TPSA) is 104 Å². The maximum absolute atomic E-state index is 13.6. The zero-order valence-corrected chi connectivity index (χ0v) is 19.4. The Balaban J connectivity index is 1.93. The van der Waals surface area contributed by atoms with Crippen molar-refractivity contribution < 1.29 is 4.79 Å². The third-order valence-corrected chi connectivity index (χ3v) is 6.54. The fourth-order valence-electron chi connectivity index (χ4n) is 4.53. The number of H-pyrrole nitrogens is 1. The van der Waals surface area contributed by atoms with Crippen molar-refractivity contribution in [2.45, 2.75) is 97.2 Å². The molecule has 1 aromatic heterocycles. The van der Waals surface area contributed by atoms with Gasteiger partial charge in [-0.3, -0.25) is 24.0 Å². The van der Waals surface area contributed by atoms with Crippen LogP contribution in [0.5, 0.6) is 0 Å². The van der Waals surface area contributed by atoms with Crippen molar-refractivity contribution in [3.05, 3.63) is 20.8 Å². The van der Waals surface area contributed by atoms with Crippen molar-refractivity contribution in [1.82, 2.24) is 14.5 Å². The van der Waals surface area contributed by atoms with Gasteiger partial charge < -0.3 is 10.6 Å². The number of carbonyl (C=O) groups is 1.